The summed E-state index contributed by atoms with van der Waals surface area (Å²) >= 11 is 0. The van der Waals surface area contributed by atoms with E-state index in [0.29, 0.717) is 17.0 Å². The van der Waals surface area contributed by atoms with Gasteiger partial charge in [0.25, 0.3) is 0 Å². The molecule has 1 N–H and O–H groups in total. The molecule has 0 spiro atoms. The van der Waals surface area contributed by atoms with E-state index in [4.69, 9.17) is 14.3 Å². The highest BCUT2D eigenvalue weighted by Crippen LogP contribution is 2.19. The predicted molar refractivity (Wildman–Crippen MR) is 51.7 cm³/mol. The van der Waals surface area contributed by atoms with Crippen LogP contribution in [-0.2, 0) is 11.3 Å². The van der Waals surface area contributed by atoms with Gasteiger partial charge in [0.2, 0.25) is 5.89 Å². The van der Waals surface area contributed by atoms with Gasteiger partial charge in [-0.3, -0.25) is 0 Å². The summed E-state index contributed by atoms with van der Waals surface area (Å²) in [6.07, 6.45) is 0. The molecule has 0 atom stereocenters. The molecular formula is C10H9NO4. The van der Waals surface area contributed by atoms with E-state index in [1.54, 1.807) is 12.1 Å². The first kappa shape index (κ1) is 9.67. The number of ether oxygens (including phenoxy) is 1. The summed E-state index contributed by atoms with van der Waals surface area (Å²) in [4.78, 5) is 14.9. The van der Waals surface area contributed by atoms with Gasteiger partial charge in [-0.15, -0.1) is 0 Å². The molecule has 0 saturated carbocycles. The molecule has 0 bridgehead atoms. The number of para-hydroxylation sites is 1. The summed E-state index contributed by atoms with van der Waals surface area (Å²) < 4.78 is 10.2. The Morgan fingerprint density at radius 1 is 1.60 bits per heavy atom. The first-order valence-electron chi connectivity index (χ1n) is 4.33. The first-order chi connectivity index (χ1) is 7.22. The Bertz CT molecular complexity index is 503. The molecule has 5 heteroatoms. The van der Waals surface area contributed by atoms with E-state index in [0.717, 1.165) is 0 Å². The van der Waals surface area contributed by atoms with Crippen LogP contribution in [0.2, 0.25) is 0 Å². The topological polar surface area (TPSA) is 72.6 Å². The SMILES string of the molecule is COCc1nc2c(C(=O)O)cccc2o1. The smallest absolute Gasteiger partial charge is 0.338 e. The number of oxazole rings is 1. The standard InChI is InChI=1S/C10H9NO4/c1-14-5-8-11-9-6(10(12)13)3-2-4-7(9)15-8/h2-4H,5H2,1H3,(H,12,13). The van der Waals surface area contributed by atoms with Crippen molar-refractivity contribution in [3.05, 3.63) is 29.7 Å². The van der Waals surface area contributed by atoms with Crippen molar-refractivity contribution in [2.24, 2.45) is 0 Å². The van der Waals surface area contributed by atoms with E-state index in [2.05, 4.69) is 4.98 Å². The number of fused-ring (bicyclic) bond motifs is 1. The third kappa shape index (κ3) is 1.69. The minimum atomic E-state index is -1.02. The molecule has 1 aromatic carbocycles. The van der Waals surface area contributed by atoms with Gasteiger partial charge in [-0.2, -0.15) is 0 Å². The van der Waals surface area contributed by atoms with Gasteiger partial charge in [0.1, 0.15) is 12.1 Å². The van der Waals surface area contributed by atoms with Gasteiger partial charge >= 0.3 is 5.97 Å². The minimum Gasteiger partial charge on any atom is -0.478 e. The maximum Gasteiger partial charge on any atom is 0.338 e. The molecule has 5 nitrogen and oxygen atoms in total. The van der Waals surface area contributed by atoms with E-state index < -0.39 is 5.97 Å². The van der Waals surface area contributed by atoms with Crippen molar-refractivity contribution in [3.8, 4) is 0 Å². The van der Waals surface area contributed by atoms with Crippen molar-refractivity contribution < 1.29 is 19.1 Å². The maximum atomic E-state index is 10.9. The maximum absolute atomic E-state index is 10.9. The Balaban J connectivity index is 2.59. The lowest BCUT2D eigenvalue weighted by Gasteiger charge is -1.92. The largest absolute Gasteiger partial charge is 0.478 e. The normalized spacial score (nSPS) is 10.7. The van der Waals surface area contributed by atoms with E-state index in [1.165, 1.54) is 13.2 Å². The molecule has 1 aromatic heterocycles. The summed E-state index contributed by atoms with van der Waals surface area (Å²) in [5.74, 6) is -0.640. The van der Waals surface area contributed by atoms with Crippen molar-refractivity contribution in [3.63, 3.8) is 0 Å². The number of nitrogens with zero attached hydrogens (tertiary/aromatic N) is 1. The molecule has 1 heterocycles. The van der Waals surface area contributed by atoms with Crippen LogP contribution >= 0.6 is 0 Å². The van der Waals surface area contributed by atoms with Crippen molar-refractivity contribution in [1.29, 1.82) is 0 Å². The van der Waals surface area contributed by atoms with Gasteiger partial charge in [-0.05, 0) is 12.1 Å². The molecule has 0 unspecified atom stereocenters. The number of rotatable bonds is 3. The van der Waals surface area contributed by atoms with Gasteiger partial charge in [0, 0.05) is 7.11 Å². The average Bonchev–Trinajstić information content (AvgIpc) is 2.59. The molecule has 15 heavy (non-hydrogen) atoms. The summed E-state index contributed by atoms with van der Waals surface area (Å²) in [6, 6.07) is 4.78. The fourth-order valence-corrected chi connectivity index (χ4v) is 1.35. The van der Waals surface area contributed by atoms with Crippen molar-refractivity contribution in [2.45, 2.75) is 6.61 Å². The molecule has 0 radical (unpaired) electrons. The Hall–Kier alpha value is -1.88. The van der Waals surface area contributed by atoms with Crippen LogP contribution in [0.15, 0.2) is 22.6 Å². The van der Waals surface area contributed by atoms with Crippen molar-refractivity contribution in [2.75, 3.05) is 7.11 Å². The quantitative estimate of drug-likeness (QED) is 0.828. The molecule has 78 valence electrons. The van der Waals surface area contributed by atoms with Gasteiger partial charge in [-0.1, -0.05) is 6.07 Å². The number of carbonyl (C=O) groups is 1. The van der Waals surface area contributed by atoms with Crippen LogP contribution in [0.25, 0.3) is 11.1 Å². The van der Waals surface area contributed by atoms with Crippen LogP contribution in [0.4, 0.5) is 0 Å². The summed E-state index contributed by atoms with van der Waals surface area (Å²) in [6.45, 7) is 0.230. The van der Waals surface area contributed by atoms with Crippen molar-refractivity contribution >= 4 is 17.1 Å². The van der Waals surface area contributed by atoms with E-state index in [1.807, 2.05) is 0 Å². The lowest BCUT2D eigenvalue weighted by Crippen LogP contribution is -1.97. The van der Waals surface area contributed by atoms with Gasteiger partial charge in [0.05, 0.1) is 5.56 Å². The molecule has 0 amide bonds. The van der Waals surface area contributed by atoms with Crippen LogP contribution in [0.5, 0.6) is 0 Å². The predicted octanol–water partition coefficient (Wildman–Crippen LogP) is 1.67. The fourth-order valence-electron chi connectivity index (χ4n) is 1.35. The van der Waals surface area contributed by atoms with E-state index in [-0.39, 0.29) is 12.2 Å². The highest BCUT2D eigenvalue weighted by atomic mass is 16.5. The van der Waals surface area contributed by atoms with E-state index >= 15 is 0 Å². The van der Waals surface area contributed by atoms with Gasteiger partial charge < -0.3 is 14.3 Å². The molecule has 0 fully saturated rings. The molecule has 0 aliphatic heterocycles. The van der Waals surface area contributed by atoms with Gasteiger partial charge in [-0.25, -0.2) is 9.78 Å². The third-order valence-corrected chi connectivity index (χ3v) is 1.96. The number of hydrogen-bond acceptors (Lipinski definition) is 4. The number of aromatic nitrogens is 1. The average molecular weight is 207 g/mol. The fraction of sp³-hybridized carbons (Fsp3) is 0.200. The zero-order chi connectivity index (χ0) is 10.8. The summed E-state index contributed by atoms with van der Waals surface area (Å²) in [7, 11) is 1.52. The molecule has 0 saturated heterocycles. The van der Waals surface area contributed by atoms with Crippen molar-refractivity contribution in [1.82, 2.24) is 4.98 Å². The van der Waals surface area contributed by atoms with Gasteiger partial charge in [0.15, 0.2) is 5.58 Å². The highest BCUT2D eigenvalue weighted by Gasteiger charge is 2.13. The van der Waals surface area contributed by atoms with Crippen LogP contribution < -0.4 is 0 Å². The number of hydrogen-bond donors (Lipinski definition) is 1. The van der Waals surface area contributed by atoms with Crippen LogP contribution in [0.1, 0.15) is 16.2 Å². The molecule has 0 aliphatic rings. The monoisotopic (exact) mass is 207 g/mol. The zero-order valence-corrected chi connectivity index (χ0v) is 8.06. The summed E-state index contributed by atoms with van der Waals surface area (Å²) in [5.41, 5.74) is 0.956. The molecule has 2 rings (SSSR count). The Morgan fingerprint density at radius 3 is 3.07 bits per heavy atom. The zero-order valence-electron chi connectivity index (χ0n) is 8.06. The number of aromatic carboxylic acids is 1. The molecule has 2 aromatic rings. The summed E-state index contributed by atoms with van der Waals surface area (Å²) in [5, 5.41) is 8.91. The van der Waals surface area contributed by atoms with E-state index in [9.17, 15) is 4.79 Å². The lowest BCUT2D eigenvalue weighted by atomic mass is 10.2. The number of carboxylic acids is 1. The number of benzene rings is 1. The van der Waals surface area contributed by atoms with Crippen LogP contribution in [0, 0.1) is 0 Å². The second-order valence-electron chi connectivity index (χ2n) is 3.00. The minimum absolute atomic E-state index is 0.138. The Kier molecular flexibility index (Phi) is 2.39. The number of carboxylic acid groups (broad SMARTS) is 1. The molecule has 0 aliphatic carbocycles. The first-order valence-corrected chi connectivity index (χ1v) is 4.33. The Morgan fingerprint density at radius 2 is 2.40 bits per heavy atom. The third-order valence-electron chi connectivity index (χ3n) is 1.96. The second-order valence-corrected chi connectivity index (χ2v) is 3.00. The number of methoxy groups -OCH3 is 1. The van der Waals surface area contributed by atoms with Crippen LogP contribution in [0.3, 0.4) is 0 Å². The second kappa shape index (κ2) is 3.70. The highest BCUT2D eigenvalue weighted by molar-refractivity contribution is 6.00. The Labute approximate surface area is 85.3 Å². The lowest BCUT2D eigenvalue weighted by molar-refractivity contribution is 0.0699. The molecular weight excluding hydrogens is 198 g/mol. The van der Waals surface area contributed by atoms with Crippen LogP contribution in [-0.4, -0.2) is 23.2 Å².